The van der Waals surface area contributed by atoms with Gasteiger partial charge in [-0.15, -0.1) is 11.3 Å². The fraction of sp³-hybridized carbons (Fsp3) is 0.500. The van der Waals surface area contributed by atoms with Crippen LogP contribution in [0.3, 0.4) is 0 Å². The molecule has 1 aromatic heterocycles. The molecule has 2 rings (SSSR count). The van der Waals surface area contributed by atoms with E-state index < -0.39 is 15.6 Å². The second-order valence-electron chi connectivity index (χ2n) is 3.96. The SMILES string of the molecule is CC1(O)CN(S(=O)(=O)c2cc(Br)sc2Br)C1. The van der Waals surface area contributed by atoms with Crippen molar-refractivity contribution in [3.8, 4) is 0 Å². The number of aliphatic hydroxyl groups is 1. The van der Waals surface area contributed by atoms with Crippen LogP contribution in [0.1, 0.15) is 6.92 Å². The van der Waals surface area contributed by atoms with Gasteiger partial charge in [-0.05, 0) is 44.8 Å². The van der Waals surface area contributed by atoms with Crippen LogP contribution in [-0.4, -0.2) is 36.5 Å². The van der Waals surface area contributed by atoms with Crippen LogP contribution in [0.5, 0.6) is 0 Å². The number of thiophene rings is 1. The number of nitrogens with zero attached hydrogens (tertiary/aromatic N) is 1. The first-order chi connectivity index (χ1) is 7.22. The zero-order chi connectivity index (χ0) is 12.1. The Balaban J connectivity index is 2.31. The van der Waals surface area contributed by atoms with Crippen molar-refractivity contribution >= 4 is 53.2 Å². The molecule has 0 radical (unpaired) electrons. The highest BCUT2D eigenvalue weighted by Gasteiger charge is 2.44. The summed E-state index contributed by atoms with van der Waals surface area (Å²) in [4.78, 5) is 0.250. The second kappa shape index (κ2) is 4.03. The highest BCUT2D eigenvalue weighted by atomic mass is 79.9. The van der Waals surface area contributed by atoms with Crippen molar-refractivity contribution in [2.75, 3.05) is 13.1 Å². The van der Waals surface area contributed by atoms with Crippen LogP contribution >= 0.6 is 43.2 Å². The molecule has 0 atom stereocenters. The Bertz CT molecular complexity index is 515. The Morgan fingerprint density at radius 2 is 2.06 bits per heavy atom. The van der Waals surface area contributed by atoms with Crippen molar-refractivity contribution in [3.05, 3.63) is 13.6 Å². The smallest absolute Gasteiger partial charge is 0.245 e. The Morgan fingerprint density at radius 1 is 1.50 bits per heavy atom. The molecule has 0 spiro atoms. The van der Waals surface area contributed by atoms with Crippen molar-refractivity contribution in [3.63, 3.8) is 0 Å². The van der Waals surface area contributed by atoms with Gasteiger partial charge in [-0.3, -0.25) is 0 Å². The van der Waals surface area contributed by atoms with Gasteiger partial charge in [0.1, 0.15) is 4.90 Å². The number of β-amino-alcohol motifs (C(OH)–C–C–N with tert-alkyl or cyclic N) is 1. The van der Waals surface area contributed by atoms with Gasteiger partial charge in [0, 0.05) is 13.1 Å². The van der Waals surface area contributed by atoms with Gasteiger partial charge in [-0.2, -0.15) is 4.31 Å². The number of halogens is 2. The van der Waals surface area contributed by atoms with Gasteiger partial charge in [-0.1, -0.05) is 0 Å². The lowest BCUT2D eigenvalue weighted by molar-refractivity contribution is -0.0426. The Kier molecular flexibility index (Phi) is 3.27. The zero-order valence-corrected chi connectivity index (χ0v) is 13.1. The molecule has 1 N–H and O–H groups in total. The summed E-state index contributed by atoms with van der Waals surface area (Å²) < 4.78 is 26.8. The highest BCUT2D eigenvalue weighted by Crippen LogP contribution is 2.38. The third-order valence-corrected chi connectivity index (χ3v) is 6.82. The molecule has 1 saturated heterocycles. The Hall–Kier alpha value is 0.530. The quantitative estimate of drug-likeness (QED) is 0.840. The molecule has 0 saturated carbocycles. The van der Waals surface area contributed by atoms with E-state index in [1.165, 1.54) is 15.6 Å². The standard InChI is InChI=1S/C8H9Br2NO3S2/c1-8(12)3-11(4-8)16(13,14)5-2-6(9)15-7(5)10/h2,12H,3-4H2,1H3. The van der Waals surface area contributed by atoms with Crippen LogP contribution in [0, 0.1) is 0 Å². The van der Waals surface area contributed by atoms with E-state index in [1.807, 2.05) is 0 Å². The molecule has 2 heterocycles. The van der Waals surface area contributed by atoms with Crippen LogP contribution < -0.4 is 0 Å². The van der Waals surface area contributed by atoms with Crippen LogP contribution in [0.15, 0.2) is 18.5 Å². The summed E-state index contributed by atoms with van der Waals surface area (Å²) >= 11 is 7.78. The van der Waals surface area contributed by atoms with E-state index in [2.05, 4.69) is 31.9 Å². The summed E-state index contributed by atoms with van der Waals surface area (Å²) in [6.45, 7) is 1.92. The van der Waals surface area contributed by atoms with Crippen LogP contribution in [0.4, 0.5) is 0 Å². The van der Waals surface area contributed by atoms with Crippen molar-refractivity contribution in [2.24, 2.45) is 0 Å². The molecule has 0 unspecified atom stereocenters. The molecule has 1 fully saturated rings. The van der Waals surface area contributed by atoms with Crippen LogP contribution in [-0.2, 0) is 10.0 Å². The largest absolute Gasteiger partial charge is 0.387 e. The predicted molar refractivity (Wildman–Crippen MR) is 69.1 cm³/mol. The first-order valence-corrected chi connectivity index (χ1v) is 8.24. The van der Waals surface area contributed by atoms with Gasteiger partial charge < -0.3 is 5.11 Å². The number of hydrogen-bond acceptors (Lipinski definition) is 4. The molecule has 0 amide bonds. The van der Waals surface area contributed by atoms with Crippen molar-refractivity contribution in [1.82, 2.24) is 4.31 Å². The average molecular weight is 391 g/mol. The second-order valence-corrected chi connectivity index (χ2v) is 9.61. The van der Waals surface area contributed by atoms with Crippen LogP contribution in [0.2, 0.25) is 0 Å². The minimum Gasteiger partial charge on any atom is -0.387 e. The zero-order valence-electron chi connectivity index (χ0n) is 8.27. The summed E-state index contributed by atoms with van der Waals surface area (Å²) in [7, 11) is -3.48. The maximum atomic E-state index is 12.1. The molecule has 0 aliphatic carbocycles. The molecular formula is C8H9Br2NO3S2. The molecule has 0 bridgehead atoms. The average Bonchev–Trinajstić information content (AvgIpc) is 2.41. The van der Waals surface area contributed by atoms with E-state index in [1.54, 1.807) is 13.0 Å². The van der Waals surface area contributed by atoms with Gasteiger partial charge in [-0.25, -0.2) is 8.42 Å². The third-order valence-electron chi connectivity index (χ3n) is 2.28. The third kappa shape index (κ3) is 2.23. The molecule has 8 heteroatoms. The van der Waals surface area contributed by atoms with Crippen molar-refractivity contribution in [1.29, 1.82) is 0 Å². The van der Waals surface area contributed by atoms with Gasteiger partial charge in [0.15, 0.2) is 0 Å². The molecule has 0 aromatic carbocycles. The van der Waals surface area contributed by atoms with Crippen LogP contribution in [0.25, 0.3) is 0 Å². The van der Waals surface area contributed by atoms with E-state index in [9.17, 15) is 13.5 Å². The first-order valence-electron chi connectivity index (χ1n) is 4.40. The van der Waals surface area contributed by atoms with Gasteiger partial charge >= 0.3 is 0 Å². The Morgan fingerprint density at radius 3 is 2.44 bits per heavy atom. The van der Waals surface area contributed by atoms with Gasteiger partial charge in [0.05, 0.1) is 13.2 Å². The molecule has 1 aliphatic rings. The number of hydrogen-bond donors (Lipinski definition) is 1. The maximum absolute atomic E-state index is 12.1. The predicted octanol–water partition coefficient (Wildman–Crippen LogP) is 2.03. The maximum Gasteiger partial charge on any atom is 0.245 e. The van der Waals surface area contributed by atoms with E-state index in [-0.39, 0.29) is 18.0 Å². The summed E-state index contributed by atoms with van der Waals surface area (Å²) in [6.07, 6.45) is 0. The summed E-state index contributed by atoms with van der Waals surface area (Å²) in [5.74, 6) is 0. The highest BCUT2D eigenvalue weighted by molar-refractivity contribution is 9.12. The number of rotatable bonds is 2. The molecule has 16 heavy (non-hydrogen) atoms. The lowest BCUT2D eigenvalue weighted by Gasteiger charge is -2.42. The molecule has 1 aliphatic heterocycles. The van der Waals surface area contributed by atoms with Gasteiger partial charge in [0.2, 0.25) is 10.0 Å². The minimum absolute atomic E-state index is 0.148. The molecule has 90 valence electrons. The number of sulfonamides is 1. The summed E-state index contributed by atoms with van der Waals surface area (Å²) in [5.41, 5.74) is -0.896. The first kappa shape index (κ1) is 13.0. The monoisotopic (exact) mass is 389 g/mol. The van der Waals surface area contributed by atoms with Gasteiger partial charge in [0.25, 0.3) is 0 Å². The minimum atomic E-state index is -3.48. The topological polar surface area (TPSA) is 57.6 Å². The van der Waals surface area contributed by atoms with E-state index in [0.717, 1.165) is 3.79 Å². The summed E-state index contributed by atoms with van der Waals surface area (Å²) in [5, 5.41) is 9.54. The van der Waals surface area contributed by atoms with E-state index in [0.29, 0.717) is 3.79 Å². The fourth-order valence-electron chi connectivity index (χ4n) is 1.52. The van der Waals surface area contributed by atoms with Crippen molar-refractivity contribution in [2.45, 2.75) is 17.4 Å². The summed E-state index contributed by atoms with van der Waals surface area (Å²) in [6, 6.07) is 1.57. The lowest BCUT2D eigenvalue weighted by atomic mass is 10.0. The lowest BCUT2D eigenvalue weighted by Crippen LogP contribution is -2.61. The normalized spacial score (nSPS) is 20.8. The van der Waals surface area contributed by atoms with E-state index in [4.69, 9.17) is 0 Å². The van der Waals surface area contributed by atoms with E-state index >= 15 is 0 Å². The Labute approximate surface area is 115 Å². The van der Waals surface area contributed by atoms with Crippen molar-refractivity contribution < 1.29 is 13.5 Å². The molecule has 1 aromatic rings. The molecule has 4 nitrogen and oxygen atoms in total. The molecular weight excluding hydrogens is 382 g/mol. The fourth-order valence-corrected chi connectivity index (χ4v) is 6.96.